The molecule has 0 aromatic heterocycles. The lowest BCUT2D eigenvalue weighted by molar-refractivity contribution is 0.0564. The van der Waals surface area contributed by atoms with Gasteiger partial charge in [0.15, 0.2) is 0 Å². The molecule has 21 heavy (non-hydrogen) atoms. The molecule has 1 fully saturated rings. The second kappa shape index (κ2) is 6.56. The van der Waals surface area contributed by atoms with Crippen LogP contribution in [-0.2, 0) is 0 Å². The molecule has 1 saturated heterocycles. The fourth-order valence-corrected chi connectivity index (χ4v) is 2.74. The minimum absolute atomic E-state index is 0.0303. The normalized spacial score (nSPS) is 16.7. The van der Waals surface area contributed by atoms with E-state index in [4.69, 9.17) is 0 Å². The van der Waals surface area contributed by atoms with Crippen LogP contribution in [0.4, 0.5) is 4.39 Å². The first-order valence-electron chi connectivity index (χ1n) is 7.66. The Balaban J connectivity index is 2.12. The van der Waals surface area contributed by atoms with Gasteiger partial charge < -0.3 is 9.80 Å². The van der Waals surface area contributed by atoms with Gasteiger partial charge in [-0.25, -0.2) is 4.39 Å². The topological polar surface area (TPSA) is 23.6 Å². The summed E-state index contributed by atoms with van der Waals surface area (Å²) < 4.78 is 13.3. The van der Waals surface area contributed by atoms with Crippen molar-refractivity contribution in [2.45, 2.75) is 33.2 Å². The minimum atomic E-state index is -0.268. The number of hydrogen-bond acceptors (Lipinski definition) is 2. The van der Waals surface area contributed by atoms with Crippen LogP contribution in [0.5, 0.6) is 0 Å². The number of likely N-dealkylation sites (tertiary alicyclic amines) is 1. The van der Waals surface area contributed by atoms with Crippen LogP contribution in [0, 0.1) is 18.7 Å². The van der Waals surface area contributed by atoms with Crippen molar-refractivity contribution >= 4 is 5.91 Å². The molecule has 4 heteroatoms. The van der Waals surface area contributed by atoms with Crippen molar-refractivity contribution in [3.05, 3.63) is 35.1 Å². The molecule has 3 nitrogen and oxygen atoms in total. The zero-order chi connectivity index (χ0) is 15.6. The summed E-state index contributed by atoms with van der Waals surface area (Å²) in [6.45, 7) is 9.14. The highest BCUT2D eigenvalue weighted by Gasteiger charge is 2.28. The van der Waals surface area contributed by atoms with Crippen molar-refractivity contribution in [3.63, 3.8) is 0 Å². The van der Waals surface area contributed by atoms with Crippen molar-refractivity contribution in [2.24, 2.45) is 5.92 Å². The second-order valence-corrected chi connectivity index (χ2v) is 6.35. The first-order chi connectivity index (χ1) is 9.90. The SMILES string of the molecule is Cc1cc(C(=O)N(C)[C@H](CN2CCC2)C(C)C)ccc1F. The van der Waals surface area contributed by atoms with Crippen LogP contribution in [0.2, 0.25) is 0 Å². The molecule has 1 atom stereocenters. The molecule has 0 saturated carbocycles. The van der Waals surface area contributed by atoms with E-state index in [-0.39, 0.29) is 17.8 Å². The lowest BCUT2D eigenvalue weighted by Crippen LogP contribution is -2.51. The van der Waals surface area contributed by atoms with Crippen molar-refractivity contribution in [1.29, 1.82) is 0 Å². The highest BCUT2D eigenvalue weighted by Crippen LogP contribution is 2.18. The first-order valence-corrected chi connectivity index (χ1v) is 7.66. The number of carbonyl (C=O) groups is 1. The molecule has 1 aliphatic rings. The van der Waals surface area contributed by atoms with Crippen LogP contribution in [0.15, 0.2) is 18.2 Å². The molecule has 1 amide bonds. The number of hydrogen-bond donors (Lipinski definition) is 0. The van der Waals surface area contributed by atoms with Crippen molar-refractivity contribution < 1.29 is 9.18 Å². The molecule has 0 aliphatic carbocycles. The number of rotatable bonds is 5. The van der Waals surface area contributed by atoms with E-state index in [2.05, 4.69) is 18.7 Å². The smallest absolute Gasteiger partial charge is 0.253 e. The third-order valence-corrected chi connectivity index (χ3v) is 4.39. The molecule has 1 aromatic rings. The van der Waals surface area contributed by atoms with Gasteiger partial charge in [0.25, 0.3) is 5.91 Å². The highest BCUT2D eigenvalue weighted by molar-refractivity contribution is 5.94. The van der Waals surface area contributed by atoms with Gasteiger partial charge in [-0.2, -0.15) is 0 Å². The van der Waals surface area contributed by atoms with E-state index in [1.807, 2.05) is 11.9 Å². The number of nitrogens with zero attached hydrogens (tertiary/aromatic N) is 2. The number of halogens is 1. The lowest BCUT2D eigenvalue weighted by atomic mass is 9.99. The Hall–Kier alpha value is -1.42. The van der Waals surface area contributed by atoms with Gasteiger partial charge in [-0.05, 0) is 56.1 Å². The Morgan fingerprint density at radius 1 is 1.38 bits per heavy atom. The van der Waals surface area contributed by atoms with E-state index in [1.165, 1.54) is 12.5 Å². The molecule has 0 unspecified atom stereocenters. The third kappa shape index (κ3) is 3.62. The summed E-state index contributed by atoms with van der Waals surface area (Å²) in [6.07, 6.45) is 1.25. The van der Waals surface area contributed by atoms with E-state index in [9.17, 15) is 9.18 Å². The monoisotopic (exact) mass is 292 g/mol. The Labute approximate surface area is 126 Å². The number of aryl methyl sites for hydroxylation is 1. The molecule has 2 rings (SSSR count). The van der Waals surface area contributed by atoms with Crippen LogP contribution in [0.1, 0.15) is 36.2 Å². The molecule has 0 N–H and O–H groups in total. The third-order valence-electron chi connectivity index (χ3n) is 4.39. The maximum atomic E-state index is 13.3. The van der Waals surface area contributed by atoms with Crippen LogP contribution < -0.4 is 0 Å². The van der Waals surface area contributed by atoms with E-state index in [0.717, 1.165) is 19.6 Å². The molecule has 0 radical (unpaired) electrons. The molecule has 1 aliphatic heterocycles. The molecule has 116 valence electrons. The molecular formula is C17H25FN2O. The van der Waals surface area contributed by atoms with E-state index in [0.29, 0.717) is 17.0 Å². The summed E-state index contributed by atoms with van der Waals surface area (Å²) in [5.41, 5.74) is 1.07. The van der Waals surface area contributed by atoms with Crippen molar-refractivity contribution in [3.8, 4) is 0 Å². The average molecular weight is 292 g/mol. The molecule has 0 spiro atoms. The Kier molecular flexibility index (Phi) is 4.99. The van der Waals surface area contributed by atoms with Gasteiger partial charge in [0.2, 0.25) is 0 Å². The first kappa shape index (κ1) is 16.0. The number of benzene rings is 1. The summed E-state index contributed by atoms with van der Waals surface area (Å²) in [5.74, 6) is 0.0913. The van der Waals surface area contributed by atoms with Gasteiger partial charge in [0.05, 0.1) is 0 Å². The predicted octanol–water partition coefficient (Wildman–Crippen LogP) is 2.94. The van der Waals surface area contributed by atoms with E-state index < -0.39 is 0 Å². The molecular weight excluding hydrogens is 267 g/mol. The lowest BCUT2D eigenvalue weighted by Gasteiger charge is -2.39. The van der Waals surface area contributed by atoms with Crippen LogP contribution in [0.25, 0.3) is 0 Å². The Bertz CT molecular complexity index is 512. The van der Waals surface area contributed by atoms with E-state index in [1.54, 1.807) is 19.1 Å². The number of amides is 1. The number of carbonyl (C=O) groups excluding carboxylic acids is 1. The standard InChI is InChI=1S/C17H25FN2O/c1-12(2)16(11-20-8-5-9-20)19(4)17(21)14-6-7-15(18)13(3)10-14/h6-7,10,12,16H,5,8-9,11H2,1-4H3/t16-/m1/s1. The highest BCUT2D eigenvalue weighted by atomic mass is 19.1. The van der Waals surface area contributed by atoms with Crippen LogP contribution >= 0.6 is 0 Å². The van der Waals surface area contributed by atoms with Gasteiger partial charge in [0.1, 0.15) is 5.82 Å². The molecule has 0 bridgehead atoms. The zero-order valence-corrected chi connectivity index (χ0v) is 13.4. The average Bonchev–Trinajstić information content (AvgIpc) is 2.38. The summed E-state index contributed by atoms with van der Waals surface area (Å²) in [5, 5.41) is 0. The fraction of sp³-hybridized carbons (Fsp3) is 0.588. The number of likely N-dealkylation sites (N-methyl/N-ethyl adjacent to an activating group) is 1. The summed E-state index contributed by atoms with van der Waals surface area (Å²) >= 11 is 0. The maximum absolute atomic E-state index is 13.3. The Morgan fingerprint density at radius 2 is 2.05 bits per heavy atom. The van der Waals surface area contributed by atoms with Gasteiger partial charge >= 0.3 is 0 Å². The predicted molar refractivity (Wildman–Crippen MR) is 82.9 cm³/mol. The minimum Gasteiger partial charge on any atom is -0.337 e. The maximum Gasteiger partial charge on any atom is 0.253 e. The zero-order valence-electron chi connectivity index (χ0n) is 13.4. The summed E-state index contributed by atoms with van der Waals surface area (Å²) in [4.78, 5) is 16.8. The van der Waals surface area contributed by atoms with Gasteiger partial charge in [-0.3, -0.25) is 4.79 Å². The van der Waals surface area contributed by atoms with Gasteiger partial charge in [0, 0.05) is 25.2 Å². The van der Waals surface area contributed by atoms with Gasteiger partial charge in [-0.1, -0.05) is 13.8 Å². The summed E-state index contributed by atoms with van der Waals surface area (Å²) in [6, 6.07) is 4.76. The van der Waals surface area contributed by atoms with Crippen molar-refractivity contribution in [2.75, 3.05) is 26.7 Å². The van der Waals surface area contributed by atoms with E-state index >= 15 is 0 Å². The largest absolute Gasteiger partial charge is 0.337 e. The fourth-order valence-electron chi connectivity index (χ4n) is 2.74. The van der Waals surface area contributed by atoms with Crippen LogP contribution in [0.3, 0.4) is 0 Å². The Morgan fingerprint density at radius 3 is 2.52 bits per heavy atom. The molecule has 1 heterocycles. The quantitative estimate of drug-likeness (QED) is 0.833. The summed E-state index contributed by atoms with van der Waals surface area (Å²) in [7, 11) is 1.85. The van der Waals surface area contributed by atoms with Crippen LogP contribution in [-0.4, -0.2) is 48.4 Å². The van der Waals surface area contributed by atoms with Gasteiger partial charge in [-0.15, -0.1) is 0 Å². The molecule has 1 aromatic carbocycles. The second-order valence-electron chi connectivity index (χ2n) is 6.35. The van der Waals surface area contributed by atoms with Crippen molar-refractivity contribution in [1.82, 2.24) is 9.80 Å².